The van der Waals surface area contributed by atoms with Crippen molar-refractivity contribution >= 4 is 5.78 Å². The van der Waals surface area contributed by atoms with Gasteiger partial charge in [0.2, 0.25) is 0 Å². The number of ether oxygens (including phenoxy) is 1. The molecule has 7 heteroatoms. The van der Waals surface area contributed by atoms with Crippen LogP contribution in [-0.4, -0.2) is 53.8 Å². The molecule has 20 heavy (non-hydrogen) atoms. The zero-order chi connectivity index (χ0) is 15.0. The molecule has 0 amide bonds. The summed E-state index contributed by atoms with van der Waals surface area (Å²) in [4.78, 5) is 22.5. The molecule has 0 radical (unpaired) electrons. The van der Waals surface area contributed by atoms with Crippen LogP contribution in [-0.2, 0) is 4.74 Å². The van der Waals surface area contributed by atoms with Crippen molar-refractivity contribution in [2.24, 2.45) is 0 Å². The third-order valence-electron chi connectivity index (χ3n) is 2.85. The van der Waals surface area contributed by atoms with Crippen LogP contribution in [0.5, 0.6) is 0 Å². The van der Waals surface area contributed by atoms with Crippen molar-refractivity contribution in [1.82, 2.24) is 4.90 Å². The average molecular weight is 282 g/mol. The molecule has 1 N–H and O–H groups in total. The highest BCUT2D eigenvalue weighted by Gasteiger charge is 2.20. The van der Waals surface area contributed by atoms with Crippen LogP contribution in [0.25, 0.3) is 0 Å². The van der Waals surface area contributed by atoms with Crippen LogP contribution in [0.3, 0.4) is 0 Å². The van der Waals surface area contributed by atoms with Crippen molar-refractivity contribution < 1.29 is 19.8 Å². The number of morpholine rings is 1. The smallest absolute Gasteiger partial charge is 0.291 e. The third-order valence-corrected chi connectivity index (χ3v) is 2.85. The first-order chi connectivity index (χ1) is 9.49. The second kappa shape index (κ2) is 8.23. The molecule has 1 aliphatic heterocycles. The SMILES string of the molecule is CN1CCOC(CC(=O)c2ccccc2)C1.O=[N+]([O-])O. The highest BCUT2D eigenvalue weighted by atomic mass is 16.9. The summed E-state index contributed by atoms with van der Waals surface area (Å²) in [6.07, 6.45) is 0.528. The van der Waals surface area contributed by atoms with Gasteiger partial charge in [0, 0.05) is 25.1 Å². The van der Waals surface area contributed by atoms with E-state index in [1.165, 1.54) is 0 Å². The standard InChI is InChI=1S/C13H17NO2.HNO3/c1-14-7-8-16-12(10-14)9-13(15)11-5-3-2-4-6-11;2-1(3)4/h2-6,12H,7-10H2,1H3;(H,2,3,4). The largest absolute Gasteiger partial charge is 0.375 e. The van der Waals surface area contributed by atoms with E-state index in [1.807, 2.05) is 30.3 Å². The molecule has 110 valence electrons. The molecule has 1 unspecified atom stereocenters. The maximum absolute atomic E-state index is 11.9. The monoisotopic (exact) mass is 282 g/mol. The van der Waals surface area contributed by atoms with E-state index in [0.29, 0.717) is 6.42 Å². The summed E-state index contributed by atoms with van der Waals surface area (Å²) in [7, 11) is 2.06. The highest BCUT2D eigenvalue weighted by Crippen LogP contribution is 2.11. The quantitative estimate of drug-likeness (QED) is 0.509. The zero-order valence-corrected chi connectivity index (χ0v) is 11.3. The van der Waals surface area contributed by atoms with Crippen molar-refractivity contribution in [3.8, 4) is 0 Å². The summed E-state index contributed by atoms with van der Waals surface area (Å²) in [5.74, 6) is 0.168. The van der Waals surface area contributed by atoms with E-state index in [4.69, 9.17) is 20.1 Å². The lowest BCUT2D eigenvalue weighted by Gasteiger charge is -2.29. The second-order valence-corrected chi connectivity index (χ2v) is 4.49. The summed E-state index contributed by atoms with van der Waals surface area (Å²) in [5, 5.41) is 13.6. The van der Waals surface area contributed by atoms with Crippen molar-refractivity contribution in [2.75, 3.05) is 26.7 Å². The predicted molar refractivity (Wildman–Crippen MR) is 71.4 cm³/mol. The Balaban J connectivity index is 0.000000444. The van der Waals surface area contributed by atoms with Crippen LogP contribution in [0.1, 0.15) is 16.8 Å². The molecule has 2 rings (SSSR count). The molecule has 1 aliphatic rings. The first-order valence-corrected chi connectivity index (χ1v) is 6.20. The Morgan fingerprint density at radius 1 is 1.50 bits per heavy atom. The van der Waals surface area contributed by atoms with Gasteiger partial charge in [-0.05, 0) is 7.05 Å². The minimum absolute atomic E-state index is 0.0476. The number of Topliss-reactive ketones (excluding diaryl/α,β-unsaturated/α-hetero) is 1. The summed E-state index contributed by atoms with van der Waals surface area (Å²) < 4.78 is 5.58. The van der Waals surface area contributed by atoms with E-state index in [9.17, 15) is 4.79 Å². The van der Waals surface area contributed by atoms with Crippen molar-refractivity contribution in [2.45, 2.75) is 12.5 Å². The number of carbonyl (C=O) groups is 1. The van der Waals surface area contributed by atoms with Crippen LogP contribution in [0.4, 0.5) is 0 Å². The number of ketones is 1. The fourth-order valence-electron chi connectivity index (χ4n) is 1.94. The Kier molecular flexibility index (Phi) is 6.61. The topological polar surface area (TPSA) is 92.9 Å². The van der Waals surface area contributed by atoms with E-state index < -0.39 is 5.09 Å². The van der Waals surface area contributed by atoms with Gasteiger partial charge in [0.25, 0.3) is 5.09 Å². The molecule has 1 fully saturated rings. The van der Waals surface area contributed by atoms with Gasteiger partial charge in [-0.15, -0.1) is 10.1 Å². The summed E-state index contributed by atoms with van der Waals surface area (Å²) in [6, 6.07) is 9.41. The van der Waals surface area contributed by atoms with Gasteiger partial charge in [-0.2, -0.15) is 0 Å². The molecule has 7 nitrogen and oxygen atoms in total. The number of rotatable bonds is 3. The van der Waals surface area contributed by atoms with E-state index in [2.05, 4.69) is 11.9 Å². The second-order valence-electron chi connectivity index (χ2n) is 4.49. The zero-order valence-electron chi connectivity index (χ0n) is 11.3. The first-order valence-electron chi connectivity index (χ1n) is 6.20. The number of benzene rings is 1. The maximum atomic E-state index is 11.9. The molecule has 0 aromatic heterocycles. The fourth-order valence-corrected chi connectivity index (χ4v) is 1.94. The average Bonchev–Trinajstić information content (AvgIpc) is 2.39. The van der Waals surface area contributed by atoms with Gasteiger partial charge in [0.1, 0.15) is 0 Å². The third kappa shape index (κ3) is 6.26. The van der Waals surface area contributed by atoms with Crippen LogP contribution in [0, 0.1) is 10.1 Å². The van der Waals surface area contributed by atoms with E-state index in [1.54, 1.807) is 0 Å². The molecular formula is C13H18N2O5. The van der Waals surface area contributed by atoms with E-state index >= 15 is 0 Å². The Labute approximate surface area is 116 Å². The van der Waals surface area contributed by atoms with Gasteiger partial charge in [0.15, 0.2) is 5.78 Å². The van der Waals surface area contributed by atoms with Crippen LogP contribution >= 0.6 is 0 Å². The Morgan fingerprint density at radius 3 is 2.65 bits per heavy atom. The number of likely N-dealkylation sites (N-methyl/N-ethyl adjacent to an activating group) is 1. The van der Waals surface area contributed by atoms with Gasteiger partial charge >= 0.3 is 0 Å². The molecule has 1 saturated heterocycles. The maximum Gasteiger partial charge on any atom is 0.291 e. The minimum Gasteiger partial charge on any atom is -0.375 e. The van der Waals surface area contributed by atoms with Crippen LogP contribution < -0.4 is 0 Å². The van der Waals surface area contributed by atoms with Gasteiger partial charge in [-0.25, -0.2) is 0 Å². The van der Waals surface area contributed by atoms with E-state index in [0.717, 1.165) is 25.3 Å². The number of carbonyl (C=O) groups excluding carboxylic acids is 1. The van der Waals surface area contributed by atoms with Gasteiger partial charge < -0.3 is 14.8 Å². The minimum atomic E-state index is -1.50. The predicted octanol–water partition coefficient (Wildman–Crippen LogP) is 1.24. The molecule has 1 heterocycles. The van der Waals surface area contributed by atoms with Gasteiger partial charge in [-0.1, -0.05) is 30.3 Å². The van der Waals surface area contributed by atoms with Gasteiger partial charge in [0.05, 0.1) is 12.7 Å². The Bertz CT molecular complexity index is 434. The lowest BCUT2D eigenvalue weighted by atomic mass is 10.0. The molecule has 0 bridgehead atoms. The molecule has 0 spiro atoms. The molecule has 0 aliphatic carbocycles. The van der Waals surface area contributed by atoms with Crippen molar-refractivity contribution in [3.63, 3.8) is 0 Å². The number of hydrogen-bond acceptors (Lipinski definition) is 5. The Morgan fingerprint density at radius 2 is 2.10 bits per heavy atom. The van der Waals surface area contributed by atoms with Gasteiger partial charge in [-0.3, -0.25) is 4.79 Å². The Hall–Kier alpha value is -1.99. The lowest BCUT2D eigenvalue weighted by molar-refractivity contribution is -0.742. The summed E-state index contributed by atoms with van der Waals surface area (Å²) in [6.45, 7) is 2.53. The molecular weight excluding hydrogens is 264 g/mol. The highest BCUT2D eigenvalue weighted by molar-refractivity contribution is 5.96. The van der Waals surface area contributed by atoms with Crippen LogP contribution in [0.2, 0.25) is 0 Å². The van der Waals surface area contributed by atoms with Crippen molar-refractivity contribution in [1.29, 1.82) is 0 Å². The lowest BCUT2D eigenvalue weighted by Crippen LogP contribution is -2.40. The number of hydrogen-bond donors (Lipinski definition) is 1. The first kappa shape index (κ1) is 16.1. The molecule has 1 atom stereocenters. The summed E-state index contributed by atoms with van der Waals surface area (Å²) in [5.41, 5.74) is 0.777. The van der Waals surface area contributed by atoms with Crippen LogP contribution in [0.15, 0.2) is 30.3 Å². The summed E-state index contributed by atoms with van der Waals surface area (Å²) >= 11 is 0. The van der Waals surface area contributed by atoms with E-state index in [-0.39, 0.29) is 11.9 Å². The molecule has 1 aromatic rings. The number of nitrogens with zero attached hydrogens (tertiary/aromatic N) is 2. The molecule has 1 aromatic carbocycles. The molecule has 0 saturated carbocycles. The fraction of sp³-hybridized carbons (Fsp3) is 0.462. The normalized spacial score (nSPS) is 18.8. The van der Waals surface area contributed by atoms with Crippen molar-refractivity contribution in [3.05, 3.63) is 46.0 Å².